The van der Waals surface area contributed by atoms with Crippen LogP contribution in [-0.4, -0.2) is 127 Å². The lowest BCUT2D eigenvalue weighted by Crippen LogP contribution is -2.54. The van der Waals surface area contributed by atoms with Gasteiger partial charge in [-0.05, 0) is 92.6 Å². The van der Waals surface area contributed by atoms with E-state index in [-0.39, 0.29) is 78.3 Å². The predicted molar refractivity (Wildman–Crippen MR) is 253 cm³/mol. The van der Waals surface area contributed by atoms with Crippen LogP contribution in [0.3, 0.4) is 0 Å². The number of fused-ring (bicyclic) bond motifs is 2. The molecule has 10 rings (SSSR count). The number of hydrogen-bond donors (Lipinski definition) is 3. The number of hydrogen-bond acceptors (Lipinski definition) is 13. The molecule has 2 atom stereocenters. The maximum Gasteiger partial charge on any atom is 0.270 e. The van der Waals surface area contributed by atoms with E-state index in [1.54, 1.807) is 60.2 Å². The highest BCUT2D eigenvalue weighted by Gasteiger charge is 2.45. The molecule has 70 heavy (non-hydrogen) atoms. The summed E-state index contributed by atoms with van der Waals surface area (Å²) in [6, 6.07) is 17.3. The molecule has 3 N–H and O–H groups in total. The average Bonchev–Trinajstić information content (AvgIpc) is 4.07. The maximum atomic E-state index is 13.8. The van der Waals surface area contributed by atoms with Crippen LogP contribution in [0, 0.1) is 11.8 Å². The zero-order valence-electron chi connectivity index (χ0n) is 37.8. The Balaban J connectivity index is 0.674. The summed E-state index contributed by atoms with van der Waals surface area (Å²) in [7, 11) is 0. The van der Waals surface area contributed by atoms with Gasteiger partial charge in [-0.3, -0.25) is 63.8 Å². The first-order chi connectivity index (χ1) is 34.0. The van der Waals surface area contributed by atoms with Crippen LogP contribution in [0.5, 0.6) is 0 Å². The van der Waals surface area contributed by atoms with Gasteiger partial charge in [-0.1, -0.05) is 48.2 Å². The average molecular weight is 959 g/mol. The van der Waals surface area contributed by atoms with Crippen molar-refractivity contribution in [1.29, 1.82) is 0 Å². The third-order valence-electron chi connectivity index (χ3n) is 13.5. The fourth-order valence-electron chi connectivity index (χ4n) is 9.77. The van der Waals surface area contributed by atoms with Crippen LogP contribution in [0.1, 0.15) is 120 Å². The number of amides is 8. The van der Waals surface area contributed by atoms with Crippen molar-refractivity contribution in [3.8, 4) is 11.8 Å². The largest absolute Gasteiger partial charge is 0.348 e. The zero-order valence-corrected chi connectivity index (χ0v) is 38.6. The number of piperidine rings is 3. The second kappa shape index (κ2) is 19.6. The number of rotatable bonds is 10. The molecule has 0 saturated carbocycles. The Labute approximate surface area is 405 Å². The highest BCUT2D eigenvalue weighted by Crippen LogP contribution is 2.35. The van der Waals surface area contributed by atoms with Crippen molar-refractivity contribution in [2.75, 3.05) is 38.0 Å². The van der Waals surface area contributed by atoms with E-state index in [1.165, 1.54) is 22.4 Å². The Hall–Kier alpha value is -7.95. The molecule has 5 aromatic rings. The molecule has 0 spiro atoms. The Morgan fingerprint density at radius 2 is 1.53 bits per heavy atom. The highest BCUT2D eigenvalue weighted by atomic mass is 32.1. The van der Waals surface area contributed by atoms with E-state index in [2.05, 4.69) is 47.6 Å². The van der Waals surface area contributed by atoms with Gasteiger partial charge >= 0.3 is 0 Å². The first kappa shape index (κ1) is 45.8. The van der Waals surface area contributed by atoms with E-state index in [4.69, 9.17) is 0 Å². The molecule has 5 aliphatic rings. The van der Waals surface area contributed by atoms with E-state index in [1.807, 2.05) is 29.2 Å². The van der Waals surface area contributed by atoms with Gasteiger partial charge < -0.3 is 15.1 Å². The summed E-state index contributed by atoms with van der Waals surface area (Å²) in [6.45, 7) is 2.82. The molecule has 8 amide bonds. The van der Waals surface area contributed by atoms with Gasteiger partial charge in [0.05, 0.1) is 35.5 Å². The van der Waals surface area contributed by atoms with Crippen LogP contribution in [0.25, 0.3) is 0 Å². The molecule has 3 saturated heterocycles. The van der Waals surface area contributed by atoms with Crippen molar-refractivity contribution in [2.45, 2.75) is 69.1 Å². The number of pyridine rings is 2. The second-order valence-corrected chi connectivity index (χ2v) is 18.8. The molecular formula is C51H46N10O8S. The monoisotopic (exact) mass is 958 g/mol. The second-order valence-electron chi connectivity index (χ2n) is 17.9. The molecule has 5 aliphatic heterocycles. The lowest BCUT2D eigenvalue weighted by Gasteiger charge is -2.36. The standard InChI is InChI=1S/C51H46N10O8S/c62-42-13-12-41(46(65)56-42)61-49(68)36-10-9-34(25-37(36)50(61)69)32-14-19-58(20-15-32)29-43(63)59-21-16-35(17-22-59)55-45(64)39-11-8-30(26-53-39)6-7-31-24-38-40(54-27-31)28-60(48(38)67)44(33-4-2-1-3-5-33)47(66)57-51-52-18-23-70-51/h1-5,8-11,18,23-27,32,35,41,44H,12-17,19-22,28-29H2,(H,55,64)(H,52,57,66)(H,56,62,65). The minimum Gasteiger partial charge on any atom is -0.348 e. The number of carbonyl (C=O) groups is 8. The van der Waals surface area contributed by atoms with E-state index in [0.29, 0.717) is 72.1 Å². The predicted octanol–water partition coefficient (Wildman–Crippen LogP) is 3.67. The van der Waals surface area contributed by atoms with Crippen molar-refractivity contribution in [2.24, 2.45) is 0 Å². The Morgan fingerprint density at radius 3 is 2.26 bits per heavy atom. The normalized spacial score (nSPS) is 19.0. The molecule has 2 unspecified atom stereocenters. The molecule has 0 radical (unpaired) electrons. The highest BCUT2D eigenvalue weighted by molar-refractivity contribution is 7.13. The molecule has 354 valence electrons. The number of nitrogens with zero attached hydrogens (tertiary/aromatic N) is 7. The van der Waals surface area contributed by atoms with Gasteiger partial charge in [-0.15, -0.1) is 11.3 Å². The maximum absolute atomic E-state index is 13.8. The topological polar surface area (TPSA) is 224 Å². The van der Waals surface area contributed by atoms with Crippen LogP contribution in [0.4, 0.5) is 5.13 Å². The number of carbonyl (C=O) groups excluding carboxylic acids is 8. The molecule has 19 heteroatoms. The zero-order chi connectivity index (χ0) is 48.5. The molecule has 18 nitrogen and oxygen atoms in total. The summed E-state index contributed by atoms with van der Waals surface area (Å²) >= 11 is 1.29. The molecule has 3 fully saturated rings. The number of aromatic nitrogens is 3. The minimum atomic E-state index is -1.01. The fourth-order valence-corrected chi connectivity index (χ4v) is 10.3. The Morgan fingerprint density at radius 1 is 0.771 bits per heavy atom. The quantitative estimate of drug-likeness (QED) is 0.135. The molecule has 3 aromatic heterocycles. The number of likely N-dealkylation sites (tertiary alicyclic amines) is 2. The van der Waals surface area contributed by atoms with Gasteiger partial charge in [0.2, 0.25) is 17.7 Å². The van der Waals surface area contributed by atoms with Crippen LogP contribution in [0.2, 0.25) is 0 Å². The number of nitrogens with one attached hydrogen (secondary N) is 3. The van der Waals surface area contributed by atoms with Crippen LogP contribution in [-0.2, 0) is 25.7 Å². The smallest absolute Gasteiger partial charge is 0.270 e. The van der Waals surface area contributed by atoms with Crippen molar-refractivity contribution in [3.63, 3.8) is 0 Å². The molecule has 8 heterocycles. The first-order valence-corrected chi connectivity index (χ1v) is 24.0. The van der Waals surface area contributed by atoms with E-state index < -0.39 is 35.7 Å². The summed E-state index contributed by atoms with van der Waals surface area (Å²) in [5.41, 5.74) is 4.32. The van der Waals surface area contributed by atoms with Gasteiger partial charge in [0, 0.05) is 60.6 Å². The molecule has 0 bridgehead atoms. The van der Waals surface area contributed by atoms with Gasteiger partial charge in [-0.25, -0.2) is 9.97 Å². The lowest BCUT2D eigenvalue weighted by molar-refractivity contribution is -0.136. The fraction of sp³-hybridized carbons (Fsp3) is 0.314. The third-order valence-corrected chi connectivity index (χ3v) is 14.2. The molecular weight excluding hydrogens is 913 g/mol. The van der Waals surface area contributed by atoms with Crippen LogP contribution in [0.15, 0.2) is 90.7 Å². The van der Waals surface area contributed by atoms with Crippen molar-refractivity contribution in [3.05, 3.63) is 141 Å². The number of thiazole rings is 1. The summed E-state index contributed by atoms with van der Waals surface area (Å²) in [5, 5.41) is 10.3. The number of benzene rings is 2. The van der Waals surface area contributed by atoms with E-state index in [9.17, 15) is 38.4 Å². The van der Waals surface area contributed by atoms with Crippen molar-refractivity contribution >= 4 is 63.7 Å². The number of anilines is 1. The summed E-state index contributed by atoms with van der Waals surface area (Å²) in [6.07, 6.45) is 7.60. The van der Waals surface area contributed by atoms with Gasteiger partial charge in [0.1, 0.15) is 17.8 Å². The third kappa shape index (κ3) is 9.43. The first-order valence-electron chi connectivity index (χ1n) is 23.2. The molecule has 2 aromatic carbocycles. The van der Waals surface area contributed by atoms with Crippen molar-refractivity contribution < 1.29 is 38.4 Å². The number of imide groups is 2. The summed E-state index contributed by atoms with van der Waals surface area (Å²) in [5.74, 6) is 3.09. The summed E-state index contributed by atoms with van der Waals surface area (Å²) < 4.78 is 0. The van der Waals surface area contributed by atoms with Crippen molar-refractivity contribution in [1.82, 2.24) is 45.2 Å². The van der Waals surface area contributed by atoms with Gasteiger partial charge in [0.25, 0.3) is 29.5 Å². The minimum absolute atomic E-state index is 0.0326. The SMILES string of the molecule is O=C1CCC(N2C(=O)c3ccc(C4CCN(CC(=O)N5CCC(NC(=O)c6ccc(C#Cc7cnc8c(c7)C(=O)N(C(C(=O)Nc7nccs7)c7ccccc7)C8)cn6)CC5)CC4)cc3C2=O)C(=O)N1. The van der Waals surface area contributed by atoms with Gasteiger partial charge in [0.15, 0.2) is 5.13 Å². The van der Waals surface area contributed by atoms with E-state index >= 15 is 0 Å². The van der Waals surface area contributed by atoms with E-state index in [0.717, 1.165) is 23.3 Å². The van der Waals surface area contributed by atoms with Gasteiger partial charge in [-0.2, -0.15) is 0 Å². The van der Waals surface area contributed by atoms with Crippen LogP contribution >= 0.6 is 11.3 Å². The Kier molecular flexibility index (Phi) is 12.8. The summed E-state index contributed by atoms with van der Waals surface area (Å²) in [4.78, 5) is 124. The molecule has 0 aliphatic carbocycles. The Bertz CT molecular complexity index is 2990. The lowest BCUT2D eigenvalue weighted by atomic mass is 9.88. The van der Waals surface area contributed by atoms with Crippen LogP contribution < -0.4 is 16.0 Å².